The van der Waals surface area contributed by atoms with Crippen molar-refractivity contribution in [2.24, 2.45) is 12.9 Å². The summed E-state index contributed by atoms with van der Waals surface area (Å²) in [7, 11) is 1.73. The third kappa shape index (κ3) is 2.32. The van der Waals surface area contributed by atoms with Gasteiger partial charge in [-0.15, -0.1) is 0 Å². The Hall–Kier alpha value is -1.79. The minimum absolute atomic E-state index is 0.411. The molecule has 2 rings (SSSR count). The molecule has 6 heteroatoms. The normalized spacial score (nSPS) is 12.7. The minimum atomic E-state index is -0.637. The van der Waals surface area contributed by atoms with E-state index in [-0.39, 0.29) is 0 Å². The monoisotopic (exact) mass is 238 g/mol. The highest BCUT2D eigenvalue weighted by Gasteiger charge is 2.17. The molecule has 0 bridgehead atoms. The molecule has 1 heterocycles. The van der Waals surface area contributed by atoms with Gasteiger partial charge in [0.1, 0.15) is 11.6 Å². The highest BCUT2D eigenvalue weighted by molar-refractivity contribution is 5.28. The molecular weight excluding hydrogens is 226 g/mol. The molecular formula is C11H12F2N4. The van der Waals surface area contributed by atoms with E-state index in [1.165, 1.54) is 12.1 Å². The highest BCUT2D eigenvalue weighted by Crippen LogP contribution is 2.22. The van der Waals surface area contributed by atoms with Gasteiger partial charge in [-0.25, -0.2) is 14.2 Å². The molecule has 0 saturated heterocycles. The maximum Gasteiger partial charge on any atom is 0.126 e. The Bertz CT molecular complexity index is 504. The van der Waals surface area contributed by atoms with Crippen LogP contribution in [0.15, 0.2) is 30.5 Å². The number of aryl methyl sites for hydroxylation is 1. The SMILES string of the molecule is Cn1nccc1C(NN)c1cc(F)cc(F)c1. The zero-order valence-corrected chi connectivity index (χ0v) is 9.19. The number of nitrogens with two attached hydrogens (primary N) is 1. The summed E-state index contributed by atoms with van der Waals surface area (Å²) in [5, 5.41) is 3.99. The van der Waals surface area contributed by atoms with Crippen LogP contribution in [0.2, 0.25) is 0 Å². The van der Waals surface area contributed by atoms with Crippen LogP contribution in [-0.4, -0.2) is 9.78 Å². The van der Waals surface area contributed by atoms with E-state index < -0.39 is 17.7 Å². The molecule has 0 spiro atoms. The molecule has 4 nitrogen and oxygen atoms in total. The van der Waals surface area contributed by atoms with Crippen LogP contribution in [0.1, 0.15) is 17.3 Å². The standard InChI is InChI=1S/C11H12F2N4/c1-17-10(2-3-15-17)11(16-14)7-4-8(12)6-9(13)5-7/h2-6,11,16H,14H2,1H3. The van der Waals surface area contributed by atoms with Crippen molar-refractivity contribution in [1.29, 1.82) is 0 Å². The molecule has 2 aromatic rings. The lowest BCUT2D eigenvalue weighted by molar-refractivity contribution is 0.548. The van der Waals surface area contributed by atoms with E-state index in [0.717, 1.165) is 11.8 Å². The molecule has 90 valence electrons. The number of hydrogen-bond donors (Lipinski definition) is 2. The van der Waals surface area contributed by atoms with E-state index in [1.807, 2.05) is 0 Å². The molecule has 0 fully saturated rings. The molecule has 0 aliphatic heterocycles. The Morgan fingerprint density at radius 2 is 1.94 bits per heavy atom. The number of nitrogens with zero attached hydrogens (tertiary/aromatic N) is 2. The van der Waals surface area contributed by atoms with Gasteiger partial charge < -0.3 is 0 Å². The molecule has 0 aliphatic rings. The number of benzene rings is 1. The van der Waals surface area contributed by atoms with Crippen molar-refractivity contribution >= 4 is 0 Å². The second-order valence-electron chi connectivity index (χ2n) is 3.68. The summed E-state index contributed by atoms with van der Waals surface area (Å²) in [4.78, 5) is 0. The quantitative estimate of drug-likeness (QED) is 0.625. The molecule has 1 unspecified atom stereocenters. The first-order chi connectivity index (χ1) is 8.11. The largest absolute Gasteiger partial charge is 0.271 e. The lowest BCUT2D eigenvalue weighted by Crippen LogP contribution is -2.30. The fraction of sp³-hybridized carbons (Fsp3) is 0.182. The molecule has 0 radical (unpaired) electrons. The van der Waals surface area contributed by atoms with Gasteiger partial charge >= 0.3 is 0 Å². The van der Waals surface area contributed by atoms with Crippen molar-refractivity contribution in [2.45, 2.75) is 6.04 Å². The Labute approximate surface area is 97.0 Å². The average Bonchev–Trinajstić information content (AvgIpc) is 2.65. The van der Waals surface area contributed by atoms with Crippen molar-refractivity contribution in [1.82, 2.24) is 15.2 Å². The number of hydrazine groups is 1. The predicted octanol–water partition coefficient (Wildman–Crippen LogP) is 1.25. The summed E-state index contributed by atoms with van der Waals surface area (Å²) >= 11 is 0. The summed E-state index contributed by atoms with van der Waals surface area (Å²) in [6, 6.07) is 4.52. The van der Waals surface area contributed by atoms with Gasteiger partial charge in [-0.05, 0) is 23.8 Å². The van der Waals surface area contributed by atoms with Crippen LogP contribution < -0.4 is 11.3 Å². The molecule has 17 heavy (non-hydrogen) atoms. The lowest BCUT2D eigenvalue weighted by Gasteiger charge is -2.16. The first-order valence-electron chi connectivity index (χ1n) is 5.02. The van der Waals surface area contributed by atoms with Crippen molar-refractivity contribution in [2.75, 3.05) is 0 Å². The third-order valence-corrected chi connectivity index (χ3v) is 2.54. The predicted molar refractivity (Wildman–Crippen MR) is 58.7 cm³/mol. The highest BCUT2D eigenvalue weighted by atomic mass is 19.1. The zero-order valence-electron chi connectivity index (χ0n) is 9.19. The van der Waals surface area contributed by atoms with Gasteiger partial charge in [-0.2, -0.15) is 5.10 Å². The Morgan fingerprint density at radius 1 is 1.29 bits per heavy atom. The maximum atomic E-state index is 13.1. The molecule has 0 saturated carbocycles. The van der Waals surface area contributed by atoms with Crippen LogP contribution in [0.3, 0.4) is 0 Å². The van der Waals surface area contributed by atoms with Crippen molar-refractivity contribution in [3.8, 4) is 0 Å². The Balaban J connectivity index is 2.45. The van der Waals surface area contributed by atoms with Gasteiger partial charge in [-0.3, -0.25) is 10.5 Å². The molecule has 0 amide bonds. The van der Waals surface area contributed by atoms with Crippen LogP contribution >= 0.6 is 0 Å². The van der Waals surface area contributed by atoms with E-state index in [0.29, 0.717) is 5.56 Å². The molecule has 1 aromatic heterocycles. The first-order valence-corrected chi connectivity index (χ1v) is 5.02. The Morgan fingerprint density at radius 3 is 2.41 bits per heavy atom. The Kier molecular flexibility index (Phi) is 3.16. The first kappa shape index (κ1) is 11.7. The van der Waals surface area contributed by atoms with E-state index in [9.17, 15) is 8.78 Å². The maximum absolute atomic E-state index is 13.1. The fourth-order valence-electron chi connectivity index (χ4n) is 1.76. The van der Waals surface area contributed by atoms with E-state index in [1.54, 1.807) is 24.0 Å². The van der Waals surface area contributed by atoms with Crippen LogP contribution in [0.5, 0.6) is 0 Å². The number of hydrogen-bond acceptors (Lipinski definition) is 3. The second-order valence-corrected chi connectivity index (χ2v) is 3.68. The van der Waals surface area contributed by atoms with Crippen molar-refractivity contribution in [3.05, 3.63) is 53.4 Å². The van der Waals surface area contributed by atoms with Gasteiger partial charge in [0.25, 0.3) is 0 Å². The van der Waals surface area contributed by atoms with Gasteiger partial charge in [0, 0.05) is 19.3 Å². The number of nitrogens with one attached hydrogen (secondary N) is 1. The van der Waals surface area contributed by atoms with Crippen molar-refractivity contribution < 1.29 is 8.78 Å². The van der Waals surface area contributed by atoms with Crippen LogP contribution in [-0.2, 0) is 7.05 Å². The minimum Gasteiger partial charge on any atom is -0.271 e. The molecule has 0 aliphatic carbocycles. The van der Waals surface area contributed by atoms with Gasteiger partial charge in [0.2, 0.25) is 0 Å². The van der Waals surface area contributed by atoms with Gasteiger partial charge in [0.05, 0.1) is 11.7 Å². The topological polar surface area (TPSA) is 55.9 Å². The zero-order chi connectivity index (χ0) is 12.4. The average molecular weight is 238 g/mol. The smallest absolute Gasteiger partial charge is 0.126 e. The lowest BCUT2D eigenvalue weighted by atomic mass is 10.0. The third-order valence-electron chi connectivity index (χ3n) is 2.54. The van der Waals surface area contributed by atoms with Crippen molar-refractivity contribution in [3.63, 3.8) is 0 Å². The molecule has 1 aromatic carbocycles. The van der Waals surface area contributed by atoms with E-state index in [2.05, 4.69) is 10.5 Å². The molecule has 1 atom stereocenters. The summed E-state index contributed by atoms with van der Waals surface area (Å²) in [5.74, 6) is 4.16. The van der Waals surface area contributed by atoms with Crippen LogP contribution in [0.25, 0.3) is 0 Å². The number of aromatic nitrogens is 2. The van der Waals surface area contributed by atoms with Crippen LogP contribution in [0, 0.1) is 11.6 Å². The van der Waals surface area contributed by atoms with E-state index >= 15 is 0 Å². The van der Waals surface area contributed by atoms with Gasteiger partial charge in [0.15, 0.2) is 0 Å². The summed E-state index contributed by atoms with van der Waals surface area (Å²) < 4.78 is 27.9. The summed E-state index contributed by atoms with van der Waals surface area (Å²) in [6.45, 7) is 0. The fourth-order valence-corrected chi connectivity index (χ4v) is 1.76. The summed E-state index contributed by atoms with van der Waals surface area (Å²) in [5.41, 5.74) is 3.65. The summed E-state index contributed by atoms with van der Waals surface area (Å²) in [6.07, 6.45) is 1.59. The second kappa shape index (κ2) is 4.60. The van der Waals surface area contributed by atoms with E-state index in [4.69, 9.17) is 5.84 Å². The number of halogens is 2. The van der Waals surface area contributed by atoms with Crippen LogP contribution in [0.4, 0.5) is 8.78 Å². The van der Waals surface area contributed by atoms with Gasteiger partial charge in [-0.1, -0.05) is 0 Å². The number of rotatable bonds is 3. The molecule has 3 N–H and O–H groups in total.